The second-order valence-electron chi connectivity index (χ2n) is 4.15. The highest BCUT2D eigenvalue weighted by Crippen LogP contribution is 2.20. The molecule has 0 bridgehead atoms. The van der Waals surface area contributed by atoms with Crippen LogP contribution in [0.15, 0.2) is 42.5 Å². The highest BCUT2D eigenvalue weighted by Gasteiger charge is 2.07. The van der Waals surface area contributed by atoms with Crippen molar-refractivity contribution in [2.24, 2.45) is 0 Å². The first kappa shape index (κ1) is 12.7. The summed E-state index contributed by atoms with van der Waals surface area (Å²) in [7, 11) is 0. The van der Waals surface area contributed by atoms with Gasteiger partial charge < -0.3 is 10.4 Å². The summed E-state index contributed by atoms with van der Waals surface area (Å²) in [5, 5.41) is 20.9. The number of carboxylic acids is 1. The van der Waals surface area contributed by atoms with Crippen molar-refractivity contribution in [2.75, 3.05) is 5.32 Å². The summed E-state index contributed by atoms with van der Waals surface area (Å²) in [6, 6.07) is 14.2. The number of rotatable bonds is 3. The largest absolute Gasteiger partial charge is 0.478 e. The molecule has 0 saturated heterocycles. The molecule has 19 heavy (non-hydrogen) atoms. The van der Waals surface area contributed by atoms with Crippen LogP contribution in [-0.2, 0) is 0 Å². The lowest BCUT2D eigenvalue weighted by Crippen LogP contribution is -2.01. The van der Waals surface area contributed by atoms with Crippen LogP contribution in [0, 0.1) is 18.3 Å². The molecule has 4 heteroatoms. The van der Waals surface area contributed by atoms with E-state index in [-0.39, 0.29) is 5.56 Å². The number of hydrogen-bond donors (Lipinski definition) is 2. The van der Waals surface area contributed by atoms with Crippen LogP contribution >= 0.6 is 0 Å². The first-order chi connectivity index (χ1) is 9.10. The smallest absolute Gasteiger partial charge is 0.336 e. The van der Waals surface area contributed by atoms with E-state index in [2.05, 4.69) is 5.32 Å². The molecule has 2 N–H and O–H groups in total. The Hall–Kier alpha value is -2.80. The average Bonchev–Trinajstić information content (AvgIpc) is 2.41. The number of nitrogens with one attached hydrogen (secondary N) is 1. The third-order valence-electron chi connectivity index (χ3n) is 2.77. The van der Waals surface area contributed by atoms with Crippen molar-refractivity contribution < 1.29 is 9.90 Å². The van der Waals surface area contributed by atoms with E-state index in [1.165, 1.54) is 0 Å². The van der Waals surface area contributed by atoms with Crippen LogP contribution < -0.4 is 5.32 Å². The molecule has 0 aliphatic rings. The minimum absolute atomic E-state index is 0.277. The van der Waals surface area contributed by atoms with Crippen molar-refractivity contribution in [1.29, 1.82) is 5.26 Å². The number of nitrogens with zero attached hydrogens (tertiary/aromatic N) is 1. The number of aryl methyl sites for hydroxylation is 1. The van der Waals surface area contributed by atoms with Gasteiger partial charge in [0.15, 0.2) is 0 Å². The highest BCUT2D eigenvalue weighted by atomic mass is 16.4. The summed E-state index contributed by atoms with van der Waals surface area (Å²) in [6.07, 6.45) is 0. The summed E-state index contributed by atoms with van der Waals surface area (Å²) in [6.45, 7) is 1.76. The number of carbonyl (C=O) groups is 1. The zero-order valence-electron chi connectivity index (χ0n) is 10.3. The molecular formula is C15H12N2O2. The summed E-state index contributed by atoms with van der Waals surface area (Å²) < 4.78 is 0. The summed E-state index contributed by atoms with van der Waals surface area (Å²) in [5.74, 6) is -0.944. The van der Waals surface area contributed by atoms with E-state index in [1.807, 2.05) is 12.1 Å². The minimum atomic E-state index is -0.944. The summed E-state index contributed by atoms with van der Waals surface area (Å²) in [5.41, 5.74) is 3.09. The van der Waals surface area contributed by atoms with Gasteiger partial charge in [0.25, 0.3) is 0 Å². The average molecular weight is 252 g/mol. The molecule has 0 unspecified atom stereocenters. The zero-order valence-corrected chi connectivity index (χ0v) is 10.3. The van der Waals surface area contributed by atoms with Crippen molar-refractivity contribution in [1.82, 2.24) is 0 Å². The van der Waals surface area contributed by atoms with Gasteiger partial charge in [0.05, 0.1) is 17.2 Å². The first-order valence-electron chi connectivity index (χ1n) is 5.71. The fourth-order valence-electron chi connectivity index (χ4n) is 1.72. The van der Waals surface area contributed by atoms with Gasteiger partial charge in [-0.15, -0.1) is 0 Å². The van der Waals surface area contributed by atoms with Crippen molar-refractivity contribution in [2.45, 2.75) is 6.92 Å². The molecule has 0 fully saturated rings. The Morgan fingerprint density at radius 2 is 1.79 bits per heavy atom. The van der Waals surface area contributed by atoms with Crippen LogP contribution in [0.4, 0.5) is 11.4 Å². The van der Waals surface area contributed by atoms with Gasteiger partial charge in [0.2, 0.25) is 0 Å². The summed E-state index contributed by atoms with van der Waals surface area (Å²) in [4.78, 5) is 11.0. The Kier molecular flexibility index (Phi) is 3.48. The normalized spacial score (nSPS) is 9.68. The zero-order chi connectivity index (χ0) is 13.8. The Morgan fingerprint density at radius 1 is 1.16 bits per heavy atom. The van der Waals surface area contributed by atoms with Crippen LogP contribution in [0.2, 0.25) is 0 Å². The molecular weight excluding hydrogens is 240 g/mol. The van der Waals surface area contributed by atoms with Gasteiger partial charge in [0, 0.05) is 11.4 Å². The quantitative estimate of drug-likeness (QED) is 0.878. The number of benzene rings is 2. The van der Waals surface area contributed by atoms with Gasteiger partial charge in [0.1, 0.15) is 0 Å². The van der Waals surface area contributed by atoms with Crippen molar-refractivity contribution in [3.63, 3.8) is 0 Å². The van der Waals surface area contributed by atoms with Crippen LogP contribution in [0.1, 0.15) is 21.5 Å². The molecule has 0 amide bonds. The first-order valence-corrected chi connectivity index (χ1v) is 5.71. The maximum absolute atomic E-state index is 11.0. The topological polar surface area (TPSA) is 73.1 Å². The number of carboxylic acid groups (broad SMARTS) is 1. The highest BCUT2D eigenvalue weighted by molar-refractivity contribution is 5.90. The predicted molar refractivity (Wildman–Crippen MR) is 72.6 cm³/mol. The molecule has 2 aromatic carbocycles. The van der Waals surface area contributed by atoms with Crippen LogP contribution in [0.3, 0.4) is 0 Å². The second-order valence-corrected chi connectivity index (χ2v) is 4.15. The lowest BCUT2D eigenvalue weighted by Gasteiger charge is -2.08. The minimum Gasteiger partial charge on any atom is -0.478 e. The molecule has 94 valence electrons. The molecule has 0 spiro atoms. The van der Waals surface area contributed by atoms with Gasteiger partial charge in [-0.25, -0.2) is 4.79 Å². The Labute approximate surface area is 110 Å². The van der Waals surface area contributed by atoms with Gasteiger partial charge in [-0.05, 0) is 48.9 Å². The molecule has 2 aromatic rings. The Bertz CT molecular complexity index is 655. The molecule has 0 aliphatic carbocycles. The van der Waals surface area contributed by atoms with E-state index in [1.54, 1.807) is 43.3 Å². The predicted octanol–water partition coefficient (Wildman–Crippen LogP) is 3.31. The monoisotopic (exact) mass is 252 g/mol. The van der Waals surface area contributed by atoms with E-state index in [0.29, 0.717) is 11.3 Å². The molecule has 2 rings (SSSR count). The summed E-state index contributed by atoms with van der Waals surface area (Å²) >= 11 is 0. The fraction of sp³-hybridized carbons (Fsp3) is 0.0667. The van der Waals surface area contributed by atoms with E-state index < -0.39 is 5.97 Å². The van der Waals surface area contributed by atoms with Gasteiger partial charge >= 0.3 is 5.97 Å². The third-order valence-corrected chi connectivity index (χ3v) is 2.77. The molecule has 0 heterocycles. The SMILES string of the molecule is Cc1ccc(Nc2ccc(C#N)cc2)cc1C(=O)O. The third kappa shape index (κ3) is 2.90. The van der Waals surface area contributed by atoms with E-state index in [4.69, 9.17) is 10.4 Å². The number of nitriles is 1. The van der Waals surface area contributed by atoms with Gasteiger partial charge in [-0.1, -0.05) is 6.07 Å². The van der Waals surface area contributed by atoms with Crippen LogP contribution in [-0.4, -0.2) is 11.1 Å². The second kappa shape index (κ2) is 5.23. The molecule has 0 saturated carbocycles. The number of hydrogen-bond acceptors (Lipinski definition) is 3. The molecule has 4 nitrogen and oxygen atoms in total. The van der Waals surface area contributed by atoms with Crippen molar-refractivity contribution in [3.05, 3.63) is 59.2 Å². The van der Waals surface area contributed by atoms with Crippen LogP contribution in [0.5, 0.6) is 0 Å². The fourth-order valence-corrected chi connectivity index (χ4v) is 1.72. The van der Waals surface area contributed by atoms with Crippen molar-refractivity contribution >= 4 is 17.3 Å². The lowest BCUT2D eigenvalue weighted by atomic mass is 10.1. The molecule has 0 atom stereocenters. The number of anilines is 2. The van der Waals surface area contributed by atoms with Crippen molar-refractivity contribution in [3.8, 4) is 6.07 Å². The lowest BCUT2D eigenvalue weighted by molar-refractivity contribution is 0.0696. The van der Waals surface area contributed by atoms with E-state index in [0.717, 1.165) is 11.3 Å². The van der Waals surface area contributed by atoms with E-state index >= 15 is 0 Å². The van der Waals surface area contributed by atoms with E-state index in [9.17, 15) is 4.79 Å². The van der Waals surface area contributed by atoms with Crippen LogP contribution in [0.25, 0.3) is 0 Å². The standard InChI is InChI=1S/C15H12N2O2/c1-10-2-5-13(8-14(10)15(18)19)17-12-6-3-11(9-16)4-7-12/h2-8,17H,1H3,(H,18,19). The van der Waals surface area contributed by atoms with Gasteiger partial charge in [-0.3, -0.25) is 0 Å². The Morgan fingerprint density at radius 3 is 2.37 bits per heavy atom. The van der Waals surface area contributed by atoms with Gasteiger partial charge in [-0.2, -0.15) is 5.26 Å². The maximum atomic E-state index is 11.0. The molecule has 0 aliphatic heterocycles. The Balaban J connectivity index is 2.25. The molecule has 0 aromatic heterocycles. The molecule has 0 radical (unpaired) electrons. The maximum Gasteiger partial charge on any atom is 0.336 e. The number of aromatic carboxylic acids is 1.